The summed E-state index contributed by atoms with van der Waals surface area (Å²) in [6.45, 7) is 7.91. The Kier molecular flexibility index (Phi) is 8.83. The van der Waals surface area contributed by atoms with Gasteiger partial charge in [0, 0.05) is 13.1 Å². The lowest BCUT2D eigenvalue weighted by Crippen LogP contribution is -2.51. The van der Waals surface area contributed by atoms with Gasteiger partial charge in [0.25, 0.3) is 0 Å². The maximum absolute atomic E-state index is 13.4. The van der Waals surface area contributed by atoms with E-state index in [1.54, 1.807) is 37.3 Å². The molecular weight excluding hydrogens is 426 g/mol. The van der Waals surface area contributed by atoms with Crippen molar-refractivity contribution < 1.29 is 18.0 Å². The largest absolute Gasteiger partial charge is 0.354 e. The van der Waals surface area contributed by atoms with Crippen LogP contribution < -0.4 is 9.62 Å². The molecular formula is C24H33N3O4S. The SMILES string of the molecule is Cc1ccc(CN(C(=O)CN(c2ccccc2)S(C)(=O)=O)[C@@H](C)C(=O)NCC(C)C)cc1. The standard InChI is InChI=1S/C24H33N3O4S/c1-18(2)15-25-24(29)20(4)26(16-21-13-11-19(3)12-14-21)23(28)17-27(32(5,30)31)22-9-7-6-8-10-22/h6-14,18,20H,15-17H2,1-5H3,(H,25,29)/t20-/m0/s1. The Morgan fingerprint density at radius 3 is 2.09 bits per heavy atom. The summed E-state index contributed by atoms with van der Waals surface area (Å²) in [4.78, 5) is 27.6. The van der Waals surface area contributed by atoms with Crippen LogP contribution in [0.2, 0.25) is 0 Å². The van der Waals surface area contributed by atoms with Gasteiger partial charge in [-0.2, -0.15) is 0 Å². The minimum absolute atomic E-state index is 0.196. The van der Waals surface area contributed by atoms with E-state index in [9.17, 15) is 18.0 Å². The van der Waals surface area contributed by atoms with Gasteiger partial charge in [0.2, 0.25) is 21.8 Å². The number of para-hydroxylation sites is 1. The predicted octanol–water partition coefficient (Wildman–Crippen LogP) is 2.95. The first kappa shape index (κ1) is 25.4. The lowest BCUT2D eigenvalue weighted by molar-refractivity contribution is -0.139. The van der Waals surface area contributed by atoms with E-state index < -0.39 is 28.5 Å². The molecule has 0 fully saturated rings. The van der Waals surface area contributed by atoms with Crippen molar-refractivity contribution in [3.63, 3.8) is 0 Å². The highest BCUT2D eigenvalue weighted by molar-refractivity contribution is 7.92. The maximum Gasteiger partial charge on any atom is 0.244 e. The Labute approximate surface area is 191 Å². The second-order valence-corrected chi connectivity index (χ2v) is 10.3. The topological polar surface area (TPSA) is 86.8 Å². The number of hydrogen-bond acceptors (Lipinski definition) is 4. The van der Waals surface area contributed by atoms with E-state index >= 15 is 0 Å². The van der Waals surface area contributed by atoms with E-state index in [0.717, 1.165) is 21.7 Å². The first-order chi connectivity index (χ1) is 15.0. The zero-order chi connectivity index (χ0) is 23.9. The highest BCUT2D eigenvalue weighted by Crippen LogP contribution is 2.18. The predicted molar refractivity (Wildman–Crippen MR) is 128 cm³/mol. The molecule has 2 rings (SSSR count). The molecule has 1 atom stereocenters. The van der Waals surface area contributed by atoms with E-state index in [1.165, 1.54) is 4.90 Å². The minimum atomic E-state index is -3.71. The molecule has 0 aliphatic heterocycles. The summed E-state index contributed by atoms with van der Waals surface area (Å²) < 4.78 is 26.0. The average molecular weight is 460 g/mol. The highest BCUT2D eigenvalue weighted by Gasteiger charge is 2.30. The molecule has 174 valence electrons. The molecule has 0 bridgehead atoms. The van der Waals surface area contributed by atoms with E-state index in [0.29, 0.717) is 12.2 Å². The number of nitrogens with one attached hydrogen (secondary N) is 1. The Morgan fingerprint density at radius 1 is 0.969 bits per heavy atom. The number of sulfonamides is 1. The molecule has 1 N–H and O–H groups in total. The number of nitrogens with zero attached hydrogens (tertiary/aromatic N) is 2. The van der Waals surface area contributed by atoms with Crippen LogP contribution in [-0.4, -0.2) is 50.5 Å². The fraction of sp³-hybridized carbons (Fsp3) is 0.417. The molecule has 2 amide bonds. The molecule has 8 heteroatoms. The third kappa shape index (κ3) is 7.37. The van der Waals surface area contributed by atoms with Gasteiger partial charge in [-0.05, 0) is 37.5 Å². The van der Waals surface area contributed by atoms with Gasteiger partial charge in [-0.15, -0.1) is 0 Å². The normalized spacial score (nSPS) is 12.3. The van der Waals surface area contributed by atoms with Crippen molar-refractivity contribution in [3.05, 3.63) is 65.7 Å². The quantitative estimate of drug-likeness (QED) is 0.592. The zero-order valence-corrected chi connectivity index (χ0v) is 20.2. The summed E-state index contributed by atoms with van der Waals surface area (Å²) in [6, 6.07) is 15.4. The van der Waals surface area contributed by atoms with E-state index in [-0.39, 0.29) is 18.4 Å². The molecule has 0 heterocycles. The summed E-state index contributed by atoms with van der Waals surface area (Å²) in [6.07, 6.45) is 1.07. The second-order valence-electron chi connectivity index (χ2n) is 8.43. The first-order valence-corrected chi connectivity index (χ1v) is 12.5. The van der Waals surface area contributed by atoms with Crippen molar-refractivity contribution in [2.45, 2.75) is 40.3 Å². The van der Waals surface area contributed by atoms with Crippen LogP contribution in [0.4, 0.5) is 5.69 Å². The summed E-state index contributed by atoms with van der Waals surface area (Å²) in [7, 11) is -3.71. The van der Waals surface area contributed by atoms with Gasteiger partial charge < -0.3 is 10.2 Å². The fourth-order valence-electron chi connectivity index (χ4n) is 3.13. The van der Waals surface area contributed by atoms with Crippen molar-refractivity contribution in [3.8, 4) is 0 Å². The van der Waals surface area contributed by atoms with Gasteiger partial charge in [-0.25, -0.2) is 8.42 Å². The van der Waals surface area contributed by atoms with E-state index in [2.05, 4.69) is 5.32 Å². The van der Waals surface area contributed by atoms with Crippen molar-refractivity contribution in [2.24, 2.45) is 5.92 Å². The van der Waals surface area contributed by atoms with Gasteiger partial charge in [0.15, 0.2) is 0 Å². The molecule has 0 saturated carbocycles. The highest BCUT2D eigenvalue weighted by atomic mass is 32.2. The van der Waals surface area contributed by atoms with Crippen LogP contribution in [-0.2, 0) is 26.2 Å². The third-order valence-corrected chi connectivity index (χ3v) is 6.19. The lowest BCUT2D eigenvalue weighted by atomic mass is 10.1. The van der Waals surface area contributed by atoms with Gasteiger partial charge >= 0.3 is 0 Å². The van der Waals surface area contributed by atoms with Crippen LogP contribution in [0, 0.1) is 12.8 Å². The van der Waals surface area contributed by atoms with Crippen LogP contribution in [0.5, 0.6) is 0 Å². The molecule has 0 saturated heterocycles. The molecule has 0 spiro atoms. The average Bonchev–Trinajstić information content (AvgIpc) is 2.74. The molecule has 2 aromatic rings. The summed E-state index contributed by atoms with van der Waals surface area (Å²) in [5.41, 5.74) is 2.34. The van der Waals surface area contributed by atoms with Crippen molar-refractivity contribution in [2.75, 3.05) is 23.7 Å². The maximum atomic E-state index is 13.4. The Balaban J connectivity index is 2.32. The minimum Gasteiger partial charge on any atom is -0.354 e. The number of aryl methyl sites for hydroxylation is 1. The van der Waals surface area contributed by atoms with Crippen molar-refractivity contribution in [1.29, 1.82) is 0 Å². The van der Waals surface area contributed by atoms with Crippen LogP contribution in [0.3, 0.4) is 0 Å². The number of benzene rings is 2. The van der Waals surface area contributed by atoms with Crippen LogP contribution in [0.1, 0.15) is 31.9 Å². The summed E-state index contributed by atoms with van der Waals surface area (Å²) in [5, 5.41) is 2.86. The van der Waals surface area contributed by atoms with Crippen molar-refractivity contribution in [1.82, 2.24) is 10.2 Å². The van der Waals surface area contributed by atoms with Crippen LogP contribution in [0.25, 0.3) is 0 Å². The molecule has 7 nitrogen and oxygen atoms in total. The molecule has 0 aliphatic rings. The monoisotopic (exact) mass is 459 g/mol. The Morgan fingerprint density at radius 2 is 1.56 bits per heavy atom. The van der Waals surface area contributed by atoms with Crippen LogP contribution in [0.15, 0.2) is 54.6 Å². The van der Waals surface area contributed by atoms with Crippen molar-refractivity contribution >= 4 is 27.5 Å². The number of anilines is 1. The van der Waals surface area contributed by atoms with Gasteiger partial charge in [-0.3, -0.25) is 13.9 Å². The number of carbonyl (C=O) groups is 2. The fourth-order valence-corrected chi connectivity index (χ4v) is 3.98. The molecule has 0 radical (unpaired) electrons. The molecule has 0 aromatic heterocycles. The molecule has 0 unspecified atom stereocenters. The summed E-state index contributed by atoms with van der Waals surface area (Å²) in [5.74, 6) is -0.456. The zero-order valence-electron chi connectivity index (χ0n) is 19.4. The second kappa shape index (κ2) is 11.1. The lowest BCUT2D eigenvalue weighted by Gasteiger charge is -2.31. The number of hydrogen-bond donors (Lipinski definition) is 1. The number of carbonyl (C=O) groups excluding carboxylic acids is 2. The van der Waals surface area contributed by atoms with Gasteiger partial charge in [0.05, 0.1) is 11.9 Å². The number of amides is 2. The Hall–Kier alpha value is -2.87. The third-order valence-electron chi connectivity index (χ3n) is 5.05. The first-order valence-electron chi connectivity index (χ1n) is 10.6. The van der Waals surface area contributed by atoms with Gasteiger partial charge in [-0.1, -0.05) is 61.9 Å². The van der Waals surface area contributed by atoms with Gasteiger partial charge in [0.1, 0.15) is 12.6 Å². The number of rotatable bonds is 10. The molecule has 2 aromatic carbocycles. The molecule has 32 heavy (non-hydrogen) atoms. The molecule has 0 aliphatic carbocycles. The van der Waals surface area contributed by atoms with E-state index in [4.69, 9.17) is 0 Å². The van der Waals surface area contributed by atoms with Crippen LogP contribution >= 0.6 is 0 Å². The Bertz CT molecular complexity index is 1010. The smallest absolute Gasteiger partial charge is 0.244 e. The summed E-state index contributed by atoms with van der Waals surface area (Å²) >= 11 is 0. The van der Waals surface area contributed by atoms with E-state index in [1.807, 2.05) is 45.0 Å².